The second kappa shape index (κ2) is 7.65. The Bertz CT molecular complexity index is 470. The van der Waals surface area contributed by atoms with Gasteiger partial charge in [-0.1, -0.05) is 0 Å². The van der Waals surface area contributed by atoms with Gasteiger partial charge < -0.3 is 14.7 Å². The van der Waals surface area contributed by atoms with E-state index in [9.17, 15) is 9.59 Å². The number of aliphatic carboxylic acids is 1. The minimum Gasteiger partial charge on any atom is -0.480 e. The molecular weight excluding hydrogens is 268 g/mol. The smallest absolute Gasteiger partial charge is 0.323 e. The first kappa shape index (κ1) is 15.3. The highest BCUT2D eigenvalue weighted by Crippen LogP contribution is 2.09. The number of nitrogens with zero attached hydrogens (tertiary/aromatic N) is 2. The van der Waals surface area contributed by atoms with Gasteiger partial charge >= 0.3 is 5.97 Å². The molecule has 0 aliphatic rings. The van der Waals surface area contributed by atoms with Crippen molar-refractivity contribution in [1.82, 2.24) is 9.88 Å². The van der Waals surface area contributed by atoms with Crippen LogP contribution in [-0.4, -0.2) is 53.7 Å². The van der Waals surface area contributed by atoms with Crippen molar-refractivity contribution in [2.45, 2.75) is 6.92 Å². The number of aryl methyl sites for hydroxylation is 1. The predicted molar refractivity (Wildman–Crippen MR) is 72.0 cm³/mol. The van der Waals surface area contributed by atoms with Crippen molar-refractivity contribution in [2.75, 3.05) is 26.8 Å². The van der Waals surface area contributed by atoms with Crippen LogP contribution < -0.4 is 0 Å². The van der Waals surface area contributed by atoms with Gasteiger partial charge in [-0.05, 0) is 13.0 Å². The van der Waals surface area contributed by atoms with Crippen LogP contribution in [0.15, 0.2) is 11.5 Å². The molecule has 19 heavy (non-hydrogen) atoms. The summed E-state index contributed by atoms with van der Waals surface area (Å²) in [4.78, 5) is 27.9. The van der Waals surface area contributed by atoms with Gasteiger partial charge in [-0.3, -0.25) is 9.59 Å². The fraction of sp³-hybridized carbons (Fsp3) is 0.417. The number of carbonyl (C=O) groups excluding carboxylic acids is 1. The Morgan fingerprint density at radius 1 is 1.58 bits per heavy atom. The molecule has 0 aliphatic heterocycles. The van der Waals surface area contributed by atoms with Crippen LogP contribution in [-0.2, 0) is 14.3 Å². The molecule has 1 heterocycles. The molecule has 0 atom stereocenters. The number of carboxylic acid groups (broad SMARTS) is 1. The van der Waals surface area contributed by atoms with Crippen molar-refractivity contribution in [3.05, 3.63) is 22.2 Å². The SMILES string of the molecule is COCCN(CC(=O)O)C(=O)/C=C/c1csc(C)n1. The average Bonchev–Trinajstić information content (AvgIpc) is 2.77. The molecule has 1 amide bonds. The van der Waals surface area contributed by atoms with E-state index in [1.54, 1.807) is 6.08 Å². The number of amides is 1. The molecular formula is C12H16N2O4S. The van der Waals surface area contributed by atoms with Gasteiger partial charge in [0.25, 0.3) is 0 Å². The van der Waals surface area contributed by atoms with Crippen molar-refractivity contribution < 1.29 is 19.4 Å². The molecule has 1 aromatic heterocycles. The van der Waals surface area contributed by atoms with Crippen LogP contribution in [0.3, 0.4) is 0 Å². The highest BCUT2D eigenvalue weighted by atomic mass is 32.1. The zero-order valence-electron chi connectivity index (χ0n) is 10.8. The van der Waals surface area contributed by atoms with Crippen LogP contribution in [0.25, 0.3) is 6.08 Å². The number of ether oxygens (including phenoxy) is 1. The van der Waals surface area contributed by atoms with Crippen LogP contribution in [0.2, 0.25) is 0 Å². The third-order valence-electron chi connectivity index (χ3n) is 2.24. The lowest BCUT2D eigenvalue weighted by molar-refractivity contribution is -0.143. The summed E-state index contributed by atoms with van der Waals surface area (Å²) in [5.74, 6) is -1.42. The lowest BCUT2D eigenvalue weighted by atomic mass is 10.3. The maximum atomic E-state index is 11.9. The molecule has 0 aliphatic carbocycles. The Morgan fingerprint density at radius 2 is 2.32 bits per heavy atom. The molecule has 0 bridgehead atoms. The van der Waals surface area contributed by atoms with E-state index in [2.05, 4.69) is 4.98 Å². The largest absolute Gasteiger partial charge is 0.480 e. The summed E-state index contributed by atoms with van der Waals surface area (Å²) in [5, 5.41) is 11.5. The fourth-order valence-corrected chi connectivity index (χ4v) is 1.93. The van der Waals surface area contributed by atoms with E-state index in [1.807, 2.05) is 12.3 Å². The van der Waals surface area contributed by atoms with Gasteiger partial charge in [0.05, 0.1) is 17.3 Å². The molecule has 104 valence electrons. The van der Waals surface area contributed by atoms with E-state index < -0.39 is 5.97 Å². The predicted octanol–water partition coefficient (Wildman–Crippen LogP) is 1.02. The van der Waals surface area contributed by atoms with Gasteiger partial charge in [0.1, 0.15) is 6.54 Å². The fourth-order valence-electron chi connectivity index (χ4n) is 1.35. The molecule has 0 radical (unpaired) electrons. The Morgan fingerprint density at radius 3 is 2.84 bits per heavy atom. The van der Waals surface area contributed by atoms with Gasteiger partial charge in [0.2, 0.25) is 5.91 Å². The molecule has 0 fully saturated rings. The molecule has 0 unspecified atom stereocenters. The number of carbonyl (C=O) groups is 2. The highest BCUT2D eigenvalue weighted by Gasteiger charge is 2.13. The van der Waals surface area contributed by atoms with Crippen LogP contribution in [0.4, 0.5) is 0 Å². The monoisotopic (exact) mass is 284 g/mol. The van der Waals surface area contributed by atoms with Gasteiger partial charge in [-0.15, -0.1) is 11.3 Å². The minimum atomic E-state index is -1.05. The number of thiazole rings is 1. The molecule has 0 saturated heterocycles. The van der Waals surface area contributed by atoms with Crippen molar-refractivity contribution in [2.24, 2.45) is 0 Å². The van der Waals surface area contributed by atoms with Gasteiger partial charge in [-0.2, -0.15) is 0 Å². The van der Waals surface area contributed by atoms with E-state index in [0.717, 1.165) is 5.01 Å². The quantitative estimate of drug-likeness (QED) is 0.756. The first-order valence-electron chi connectivity index (χ1n) is 5.62. The number of hydrogen-bond acceptors (Lipinski definition) is 5. The van der Waals surface area contributed by atoms with Crippen LogP contribution in [0.1, 0.15) is 10.7 Å². The number of methoxy groups -OCH3 is 1. The van der Waals surface area contributed by atoms with Gasteiger partial charge in [-0.25, -0.2) is 4.98 Å². The molecule has 1 N–H and O–H groups in total. The summed E-state index contributed by atoms with van der Waals surface area (Å²) >= 11 is 1.49. The topological polar surface area (TPSA) is 79.7 Å². The maximum Gasteiger partial charge on any atom is 0.323 e. The molecule has 0 aromatic carbocycles. The summed E-state index contributed by atoms with van der Waals surface area (Å²) < 4.78 is 4.85. The zero-order valence-corrected chi connectivity index (χ0v) is 11.6. The Hall–Kier alpha value is -1.73. The zero-order chi connectivity index (χ0) is 14.3. The third kappa shape index (κ3) is 5.62. The Kier molecular flexibility index (Phi) is 6.17. The molecule has 0 saturated carbocycles. The van der Waals surface area contributed by atoms with Crippen LogP contribution in [0, 0.1) is 6.92 Å². The molecule has 6 nitrogen and oxygen atoms in total. The Balaban J connectivity index is 2.64. The second-order valence-electron chi connectivity index (χ2n) is 3.77. The lowest BCUT2D eigenvalue weighted by Gasteiger charge is -2.18. The van der Waals surface area contributed by atoms with Crippen molar-refractivity contribution >= 4 is 29.3 Å². The number of carboxylic acids is 1. The van der Waals surface area contributed by atoms with Gasteiger partial charge in [0.15, 0.2) is 0 Å². The molecule has 1 rings (SSSR count). The van der Waals surface area contributed by atoms with E-state index in [1.165, 1.54) is 29.4 Å². The van der Waals surface area contributed by atoms with Crippen LogP contribution >= 0.6 is 11.3 Å². The number of rotatable bonds is 7. The summed E-state index contributed by atoms with van der Waals surface area (Å²) in [6.07, 6.45) is 2.90. The van der Waals surface area contributed by atoms with E-state index >= 15 is 0 Å². The number of aromatic nitrogens is 1. The van der Waals surface area contributed by atoms with E-state index in [-0.39, 0.29) is 19.0 Å². The minimum absolute atomic E-state index is 0.238. The van der Waals surface area contributed by atoms with E-state index in [4.69, 9.17) is 9.84 Å². The Labute approximate surface area is 115 Å². The summed E-state index contributed by atoms with van der Waals surface area (Å²) in [7, 11) is 1.50. The summed E-state index contributed by atoms with van der Waals surface area (Å²) in [5.41, 5.74) is 0.692. The lowest BCUT2D eigenvalue weighted by Crippen LogP contribution is -2.36. The van der Waals surface area contributed by atoms with Gasteiger partial charge in [0, 0.05) is 25.1 Å². The normalized spacial score (nSPS) is 10.8. The second-order valence-corrected chi connectivity index (χ2v) is 4.83. The molecule has 1 aromatic rings. The maximum absolute atomic E-state index is 11.9. The van der Waals surface area contributed by atoms with Crippen molar-refractivity contribution in [1.29, 1.82) is 0 Å². The third-order valence-corrected chi connectivity index (χ3v) is 3.03. The van der Waals surface area contributed by atoms with E-state index in [0.29, 0.717) is 12.3 Å². The summed E-state index contributed by atoms with van der Waals surface area (Å²) in [6.45, 7) is 2.06. The first-order valence-corrected chi connectivity index (χ1v) is 6.50. The van der Waals surface area contributed by atoms with Crippen LogP contribution in [0.5, 0.6) is 0 Å². The number of hydrogen-bond donors (Lipinski definition) is 1. The van der Waals surface area contributed by atoms with Crippen molar-refractivity contribution in [3.8, 4) is 0 Å². The first-order chi connectivity index (χ1) is 9.02. The summed E-state index contributed by atoms with van der Waals surface area (Å²) in [6, 6.07) is 0. The molecule has 0 spiro atoms. The standard InChI is InChI=1S/C12H16N2O4S/c1-9-13-10(8-19-9)3-4-11(15)14(5-6-18-2)7-12(16)17/h3-4,8H,5-7H2,1-2H3,(H,16,17)/b4-3+. The average molecular weight is 284 g/mol. The highest BCUT2D eigenvalue weighted by molar-refractivity contribution is 7.09. The van der Waals surface area contributed by atoms with Crippen molar-refractivity contribution in [3.63, 3.8) is 0 Å². The molecule has 7 heteroatoms.